The highest BCUT2D eigenvalue weighted by Crippen LogP contribution is 2.35. The van der Waals surface area contributed by atoms with E-state index in [4.69, 9.17) is 16.3 Å². The number of halogens is 1. The molecule has 18 heavy (non-hydrogen) atoms. The lowest BCUT2D eigenvalue weighted by atomic mass is 9.76. The van der Waals surface area contributed by atoms with Crippen LogP contribution in [-0.2, 0) is 16.0 Å². The molecule has 1 aliphatic heterocycles. The van der Waals surface area contributed by atoms with Crippen molar-refractivity contribution < 1.29 is 9.53 Å². The molecule has 2 rings (SSSR count). The molecule has 0 aromatic carbocycles. The zero-order valence-electron chi connectivity index (χ0n) is 10.9. The van der Waals surface area contributed by atoms with Crippen molar-refractivity contribution in [2.45, 2.75) is 32.8 Å². The molecule has 0 aliphatic carbocycles. The Morgan fingerprint density at radius 1 is 1.56 bits per heavy atom. The normalized spacial score (nSPS) is 18.2. The Hall–Kier alpha value is -0.580. The maximum Gasteiger partial charge on any atom is 0.315 e. The number of hydrogen-bond donors (Lipinski definition) is 1. The van der Waals surface area contributed by atoms with Crippen LogP contribution in [0.25, 0.3) is 0 Å². The Bertz CT molecular complexity index is 446. The van der Waals surface area contributed by atoms with E-state index in [2.05, 4.69) is 5.32 Å². The second-order valence-electron chi connectivity index (χ2n) is 5.78. The molecule has 1 aliphatic rings. The van der Waals surface area contributed by atoms with Crippen molar-refractivity contribution in [2.75, 3.05) is 13.1 Å². The molecule has 0 saturated carbocycles. The molecule has 2 heterocycles. The van der Waals surface area contributed by atoms with Crippen LogP contribution < -0.4 is 5.32 Å². The number of carbonyl (C=O) groups excluding carboxylic acids is 1. The summed E-state index contributed by atoms with van der Waals surface area (Å²) in [5, 5.41) is 5.11. The van der Waals surface area contributed by atoms with Crippen LogP contribution in [0.1, 0.15) is 26.3 Å². The van der Waals surface area contributed by atoms with Gasteiger partial charge in [0.25, 0.3) is 0 Å². The van der Waals surface area contributed by atoms with Gasteiger partial charge >= 0.3 is 5.97 Å². The number of thiophene rings is 1. The Kier molecular flexibility index (Phi) is 3.72. The molecule has 3 nitrogen and oxygen atoms in total. The molecule has 0 amide bonds. The van der Waals surface area contributed by atoms with Crippen LogP contribution in [-0.4, -0.2) is 24.7 Å². The molecule has 0 bridgehead atoms. The first-order valence-corrected chi connectivity index (χ1v) is 7.24. The predicted octanol–water partition coefficient (Wildman–Crippen LogP) is 2.88. The van der Waals surface area contributed by atoms with Crippen molar-refractivity contribution in [3.8, 4) is 0 Å². The summed E-state index contributed by atoms with van der Waals surface area (Å²) in [6.45, 7) is 7.00. The maximum atomic E-state index is 12.3. The van der Waals surface area contributed by atoms with Gasteiger partial charge in [-0.25, -0.2) is 0 Å². The van der Waals surface area contributed by atoms with Crippen LogP contribution in [0.3, 0.4) is 0 Å². The van der Waals surface area contributed by atoms with E-state index < -0.39 is 11.0 Å². The van der Waals surface area contributed by atoms with Crippen molar-refractivity contribution >= 4 is 28.9 Å². The Labute approximate surface area is 116 Å². The van der Waals surface area contributed by atoms with Crippen molar-refractivity contribution in [3.05, 3.63) is 21.3 Å². The average molecular weight is 288 g/mol. The minimum Gasteiger partial charge on any atom is -0.459 e. The molecule has 5 heteroatoms. The van der Waals surface area contributed by atoms with E-state index in [1.165, 1.54) is 11.3 Å². The highest BCUT2D eigenvalue weighted by Gasteiger charge is 2.47. The van der Waals surface area contributed by atoms with Gasteiger partial charge in [-0.2, -0.15) is 0 Å². The van der Waals surface area contributed by atoms with Crippen LogP contribution in [0.5, 0.6) is 0 Å². The molecule has 100 valence electrons. The van der Waals surface area contributed by atoms with Gasteiger partial charge in [-0.15, -0.1) is 11.3 Å². The Morgan fingerprint density at radius 3 is 2.61 bits per heavy atom. The summed E-state index contributed by atoms with van der Waals surface area (Å²) < 4.78 is 6.28. The van der Waals surface area contributed by atoms with E-state index in [9.17, 15) is 4.79 Å². The Balaban J connectivity index is 2.11. The van der Waals surface area contributed by atoms with Crippen molar-refractivity contribution in [1.82, 2.24) is 5.32 Å². The van der Waals surface area contributed by atoms with Gasteiger partial charge in [0.05, 0.1) is 9.75 Å². The van der Waals surface area contributed by atoms with E-state index >= 15 is 0 Å². The first-order valence-electron chi connectivity index (χ1n) is 5.98. The van der Waals surface area contributed by atoms with Gasteiger partial charge in [-0.1, -0.05) is 11.6 Å². The van der Waals surface area contributed by atoms with E-state index in [0.29, 0.717) is 19.5 Å². The molecule has 0 unspecified atom stereocenters. The smallest absolute Gasteiger partial charge is 0.315 e. The summed E-state index contributed by atoms with van der Waals surface area (Å²) in [4.78, 5) is 12.3. The molecule has 1 N–H and O–H groups in total. The summed E-state index contributed by atoms with van der Waals surface area (Å²) in [5.74, 6) is -0.129. The van der Waals surface area contributed by atoms with Gasteiger partial charge < -0.3 is 10.1 Å². The van der Waals surface area contributed by atoms with E-state index in [1.807, 2.05) is 32.2 Å². The summed E-state index contributed by atoms with van der Waals surface area (Å²) in [6, 6.07) is 1.98. The molecule has 1 fully saturated rings. The topological polar surface area (TPSA) is 38.3 Å². The molecule has 0 radical (unpaired) electrons. The largest absolute Gasteiger partial charge is 0.459 e. The second kappa shape index (κ2) is 4.83. The van der Waals surface area contributed by atoms with Crippen LogP contribution in [0.2, 0.25) is 4.34 Å². The summed E-state index contributed by atoms with van der Waals surface area (Å²) in [6.07, 6.45) is 0.650. The molecule has 1 aromatic heterocycles. The van der Waals surface area contributed by atoms with Crippen LogP contribution >= 0.6 is 22.9 Å². The van der Waals surface area contributed by atoms with Gasteiger partial charge in [0.15, 0.2) is 0 Å². The van der Waals surface area contributed by atoms with Crippen LogP contribution in [0.15, 0.2) is 11.4 Å². The highest BCUT2D eigenvalue weighted by molar-refractivity contribution is 7.14. The fourth-order valence-corrected chi connectivity index (χ4v) is 2.89. The summed E-state index contributed by atoms with van der Waals surface area (Å²) >= 11 is 7.61. The second-order valence-corrected chi connectivity index (χ2v) is 7.30. The fraction of sp³-hybridized carbons (Fsp3) is 0.615. The van der Waals surface area contributed by atoms with Crippen molar-refractivity contribution in [2.24, 2.45) is 5.41 Å². The average Bonchev–Trinajstić information content (AvgIpc) is 2.54. The van der Waals surface area contributed by atoms with Gasteiger partial charge in [-0.3, -0.25) is 4.79 Å². The lowest BCUT2D eigenvalue weighted by molar-refractivity contribution is -0.171. The summed E-state index contributed by atoms with van der Waals surface area (Å²) in [7, 11) is 0. The van der Waals surface area contributed by atoms with Gasteiger partial charge in [0, 0.05) is 13.1 Å². The quantitative estimate of drug-likeness (QED) is 0.869. The number of ether oxygens (including phenoxy) is 1. The maximum absolute atomic E-state index is 12.3. The molecule has 0 atom stereocenters. The number of hydrogen-bond acceptors (Lipinski definition) is 4. The molecular weight excluding hydrogens is 270 g/mol. The first kappa shape index (κ1) is 13.8. The van der Waals surface area contributed by atoms with Crippen molar-refractivity contribution in [1.29, 1.82) is 0 Å². The molecule has 1 saturated heterocycles. The monoisotopic (exact) mass is 287 g/mol. The van der Waals surface area contributed by atoms with Gasteiger partial charge in [-0.05, 0) is 44.2 Å². The van der Waals surface area contributed by atoms with E-state index in [0.717, 1.165) is 9.90 Å². The van der Waals surface area contributed by atoms with Gasteiger partial charge in [0.2, 0.25) is 0 Å². The number of esters is 1. The lowest BCUT2D eigenvalue weighted by Crippen LogP contribution is -2.60. The van der Waals surface area contributed by atoms with Crippen molar-refractivity contribution in [3.63, 3.8) is 0 Å². The minimum absolute atomic E-state index is 0.129. The number of rotatable bonds is 3. The number of nitrogens with one attached hydrogen (secondary N) is 1. The molecule has 1 aromatic rings. The zero-order chi connectivity index (χ0) is 13.4. The van der Waals surface area contributed by atoms with E-state index in [1.54, 1.807) is 0 Å². The third-order valence-corrected chi connectivity index (χ3v) is 4.23. The first-order chi connectivity index (χ1) is 8.32. The fourth-order valence-electron chi connectivity index (χ4n) is 1.96. The van der Waals surface area contributed by atoms with Gasteiger partial charge in [0.1, 0.15) is 5.60 Å². The zero-order valence-corrected chi connectivity index (χ0v) is 12.5. The van der Waals surface area contributed by atoms with Crippen LogP contribution in [0.4, 0.5) is 0 Å². The van der Waals surface area contributed by atoms with Crippen LogP contribution in [0, 0.1) is 5.41 Å². The lowest BCUT2D eigenvalue weighted by Gasteiger charge is -2.41. The third kappa shape index (κ3) is 2.87. The standard InChI is InChI=1S/C13H18ClNO2S/c1-12(2,3)17-11(16)13(7-15-8-13)6-9-4-5-18-10(9)14/h4-5,15H,6-8H2,1-3H3. The predicted molar refractivity (Wildman–Crippen MR) is 74.2 cm³/mol. The SMILES string of the molecule is CC(C)(C)OC(=O)C1(Cc2ccsc2Cl)CNC1. The molecular formula is C13H18ClNO2S. The minimum atomic E-state index is -0.446. The third-order valence-electron chi connectivity index (χ3n) is 2.98. The summed E-state index contributed by atoms with van der Waals surface area (Å²) in [5.41, 5.74) is 0.143. The number of carbonyl (C=O) groups is 1. The Morgan fingerprint density at radius 2 is 2.22 bits per heavy atom. The highest BCUT2D eigenvalue weighted by atomic mass is 35.5. The van der Waals surface area contributed by atoms with E-state index in [-0.39, 0.29) is 5.97 Å². The molecule has 0 spiro atoms.